The van der Waals surface area contributed by atoms with Crippen LogP contribution in [0.5, 0.6) is 0 Å². The maximum absolute atomic E-state index is 7.57. The molecule has 0 fully saturated rings. The van der Waals surface area contributed by atoms with Gasteiger partial charge in [-0.25, -0.2) is 0 Å². The molecule has 1 N–H and O–H groups in total. The molecular weight excluding hydrogens is 256 g/mol. The Kier molecular flexibility index (Phi) is 16.6. The van der Waals surface area contributed by atoms with Crippen molar-refractivity contribution in [2.75, 3.05) is 6.61 Å². The molecule has 0 saturated heterocycles. The Bertz CT molecular complexity index is 281. The summed E-state index contributed by atoms with van der Waals surface area (Å²) in [4.78, 5) is 0. The molecule has 0 saturated carbocycles. The van der Waals surface area contributed by atoms with Gasteiger partial charge in [0.15, 0.2) is 0 Å². The number of hydrogen-bond donors (Lipinski definition) is 1. The normalized spacial score (nSPS) is 10.0. The molecule has 0 spiro atoms. The van der Waals surface area contributed by atoms with E-state index in [-0.39, 0.29) is 6.61 Å². The highest BCUT2D eigenvalue weighted by atomic mass is 16.2. The zero-order valence-corrected chi connectivity index (χ0v) is 14.3. The Morgan fingerprint density at radius 2 is 1.10 bits per heavy atom. The van der Waals surface area contributed by atoms with Crippen LogP contribution in [0.2, 0.25) is 0 Å². The van der Waals surface area contributed by atoms with E-state index >= 15 is 0 Å². The predicted molar refractivity (Wildman–Crippen MR) is 94.7 cm³/mol. The molecule has 122 valence electrons. The van der Waals surface area contributed by atoms with Crippen molar-refractivity contribution < 1.29 is 5.11 Å². The monoisotopic (exact) mass is 292 g/mol. The minimum Gasteiger partial charge on any atom is -0.397 e. The van der Waals surface area contributed by atoms with Crippen molar-refractivity contribution in [2.24, 2.45) is 0 Å². The minimum atomic E-state index is 0.250. The summed E-state index contributed by atoms with van der Waals surface area (Å²) in [6, 6.07) is 10.9. The van der Waals surface area contributed by atoms with Gasteiger partial charge in [-0.2, -0.15) is 0 Å². The lowest BCUT2D eigenvalue weighted by molar-refractivity contribution is 0.318. The van der Waals surface area contributed by atoms with Crippen molar-refractivity contribution in [1.29, 1.82) is 0 Å². The van der Waals surface area contributed by atoms with Crippen LogP contribution in [-0.4, -0.2) is 11.7 Å². The standard InChI is InChI=1S/C18H30.C2H6O/c1-2-3-4-5-6-7-8-9-10-12-15-18-16-13-11-14-17-18;1-2-3/h11,13-14,16-17H,2-10,12,15H2,1H3;3H,2H2,1H3. The smallest absolute Gasteiger partial charge is 0.0402 e. The van der Waals surface area contributed by atoms with E-state index in [1.807, 2.05) is 0 Å². The fraction of sp³-hybridized carbons (Fsp3) is 0.700. The van der Waals surface area contributed by atoms with Crippen LogP contribution in [0.1, 0.15) is 83.6 Å². The van der Waals surface area contributed by atoms with Gasteiger partial charge in [0.1, 0.15) is 0 Å². The molecule has 21 heavy (non-hydrogen) atoms. The highest BCUT2D eigenvalue weighted by Gasteiger charge is 1.94. The second kappa shape index (κ2) is 17.2. The molecule has 1 rings (SSSR count). The minimum absolute atomic E-state index is 0.250. The van der Waals surface area contributed by atoms with Crippen LogP contribution in [0.25, 0.3) is 0 Å². The number of aliphatic hydroxyl groups is 1. The van der Waals surface area contributed by atoms with Crippen molar-refractivity contribution in [1.82, 2.24) is 0 Å². The first-order valence-electron chi connectivity index (χ1n) is 8.99. The molecule has 0 aromatic heterocycles. The Labute approximate surface area is 132 Å². The van der Waals surface area contributed by atoms with Crippen LogP contribution in [0.4, 0.5) is 0 Å². The number of hydrogen-bond acceptors (Lipinski definition) is 1. The van der Waals surface area contributed by atoms with E-state index < -0.39 is 0 Å². The summed E-state index contributed by atoms with van der Waals surface area (Å²) >= 11 is 0. The molecule has 1 nitrogen and oxygen atoms in total. The van der Waals surface area contributed by atoms with E-state index in [0.717, 1.165) is 0 Å². The first-order valence-corrected chi connectivity index (χ1v) is 8.99. The average molecular weight is 293 g/mol. The van der Waals surface area contributed by atoms with Crippen molar-refractivity contribution >= 4 is 0 Å². The number of aliphatic hydroxyl groups excluding tert-OH is 1. The quantitative estimate of drug-likeness (QED) is 0.485. The molecule has 0 bridgehead atoms. The highest BCUT2D eigenvalue weighted by Crippen LogP contribution is 2.12. The van der Waals surface area contributed by atoms with E-state index in [2.05, 4.69) is 37.3 Å². The van der Waals surface area contributed by atoms with Crippen LogP contribution >= 0.6 is 0 Å². The molecule has 1 aromatic rings. The topological polar surface area (TPSA) is 20.2 Å². The molecule has 0 unspecified atom stereocenters. The van der Waals surface area contributed by atoms with Gasteiger partial charge >= 0.3 is 0 Å². The third kappa shape index (κ3) is 15.4. The average Bonchev–Trinajstić information content (AvgIpc) is 2.51. The zero-order valence-electron chi connectivity index (χ0n) is 14.3. The molecule has 1 heteroatoms. The molecule has 0 radical (unpaired) electrons. The maximum atomic E-state index is 7.57. The van der Waals surface area contributed by atoms with E-state index in [4.69, 9.17) is 5.11 Å². The first kappa shape index (κ1) is 20.2. The van der Waals surface area contributed by atoms with E-state index in [0.29, 0.717) is 0 Å². The predicted octanol–water partition coefficient (Wildman–Crippen LogP) is 6.15. The third-order valence-corrected chi connectivity index (χ3v) is 3.66. The number of aryl methyl sites for hydroxylation is 1. The lowest BCUT2D eigenvalue weighted by Crippen LogP contribution is -1.86. The Hall–Kier alpha value is -0.820. The molecule has 0 aliphatic carbocycles. The second-order valence-electron chi connectivity index (χ2n) is 5.73. The van der Waals surface area contributed by atoms with Crippen molar-refractivity contribution in [3.05, 3.63) is 35.9 Å². The van der Waals surface area contributed by atoms with Crippen LogP contribution in [0.15, 0.2) is 30.3 Å². The van der Waals surface area contributed by atoms with Gasteiger partial charge in [-0.1, -0.05) is 95.0 Å². The lowest BCUT2D eigenvalue weighted by atomic mass is 10.0. The number of unbranched alkanes of at least 4 members (excludes halogenated alkanes) is 9. The van der Waals surface area contributed by atoms with Gasteiger partial charge in [0.05, 0.1) is 0 Å². The van der Waals surface area contributed by atoms with E-state index in [9.17, 15) is 0 Å². The summed E-state index contributed by atoms with van der Waals surface area (Å²) in [5, 5.41) is 7.57. The van der Waals surface area contributed by atoms with Gasteiger partial charge in [0, 0.05) is 6.61 Å². The van der Waals surface area contributed by atoms with Gasteiger partial charge in [-0.3, -0.25) is 0 Å². The van der Waals surface area contributed by atoms with Crippen LogP contribution in [-0.2, 0) is 6.42 Å². The molecule has 0 aliphatic heterocycles. The fourth-order valence-corrected chi connectivity index (χ4v) is 2.46. The maximum Gasteiger partial charge on any atom is 0.0402 e. The molecule has 0 heterocycles. The van der Waals surface area contributed by atoms with Crippen LogP contribution in [0.3, 0.4) is 0 Å². The zero-order chi connectivity index (χ0) is 15.6. The first-order chi connectivity index (χ1) is 10.3. The summed E-state index contributed by atoms with van der Waals surface area (Å²) in [5.74, 6) is 0. The lowest BCUT2D eigenvalue weighted by Gasteiger charge is -2.03. The van der Waals surface area contributed by atoms with Crippen molar-refractivity contribution in [3.63, 3.8) is 0 Å². The van der Waals surface area contributed by atoms with Crippen LogP contribution < -0.4 is 0 Å². The Balaban J connectivity index is 0.00000122. The molecule has 1 aromatic carbocycles. The molecule has 0 amide bonds. The fourth-order valence-electron chi connectivity index (χ4n) is 2.46. The Morgan fingerprint density at radius 1 is 0.667 bits per heavy atom. The summed E-state index contributed by atoms with van der Waals surface area (Å²) in [7, 11) is 0. The molecular formula is C20H36O. The summed E-state index contributed by atoms with van der Waals surface area (Å²) in [6.07, 6.45) is 15.5. The largest absolute Gasteiger partial charge is 0.397 e. The molecule has 0 aliphatic rings. The number of benzene rings is 1. The van der Waals surface area contributed by atoms with Gasteiger partial charge in [0.25, 0.3) is 0 Å². The molecule has 0 atom stereocenters. The third-order valence-electron chi connectivity index (χ3n) is 3.66. The van der Waals surface area contributed by atoms with Gasteiger partial charge in [-0.05, 0) is 25.3 Å². The highest BCUT2D eigenvalue weighted by molar-refractivity contribution is 5.14. The van der Waals surface area contributed by atoms with Crippen molar-refractivity contribution in [3.8, 4) is 0 Å². The number of rotatable bonds is 11. The summed E-state index contributed by atoms with van der Waals surface area (Å²) in [6.45, 7) is 4.22. The van der Waals surface area contributed by atoms with Gasteiger partial charge < -0.3 is 5.11 Å². The van der Waals surface area contributed by atoms with E-state index in [1.54, 1.807) is 6.92 Å². The van der Waals surface area contributed by atoms with Crippen LogP contribution in [0, 0.1) is 0 Å². The SMILES string of the molecule is CCCCCCCCCCCCc1ccccc1.CCO. The van der Waals surface area contributed by atoms with Crippen molar-refractivity contribution in [2.45, 2.75) is 84.5 Å². The van der Waals surface area contributed by atoms with Gasteiger partial charge in [-0.15, -0.1) is 0 Å². The second-order valence-corrected chi connectivity index (χ2v) is 5.73. The summed E-state index contributed by atoms with van der Waals surface area (Å²) in [5.41, 5.74) is 1.50. The summed E-state index contributed by atoms with van der Waals surface area (Å²) < 4.78 is 0. The van der Waals surface area contributed by atoms with E-state index in [1.165, 1.54) is 76.2 Å². The van der Waals surface area contributed by atoms with Gasteiger partial charge in [0.2, 0.25) is 0 Å². The Morgan fingerprint density at radius 3 is 1.57 bits per heavy atom.